The summed E-state index contributed by atoms with van der Waals surface area (Å²) in [5, 5.41) is 20.5. The number of hydroxylamine groups is 2. The Labute approximate surface area is 122 Å². The van der Waals surface area contributed by atoms with Crippen LogP contribution in [0.25, 0.3) is 0 Å². The summed E-state index contributed by atoms with van der Waals surface area (Å²) >= 11 is 5.74. The Balaban J connectivity index is 2.37. The molecule has 110 valence electrons. The van der Waals surface area contributed by atoms with Gasteiger partial charge in [0.2, 0.25) is 5.60 Å². The zero-order chi connectivity index (χ0) is 15.4. The third-order valence-corrected chi connectivity index (χ3v) is 3.56. The molecule has 0 aromatic heterocycles. The monoisotopic (exact) mass is 316 g/mol. The molecule has 1 atom stereocenters. The van der Waals surface area contributed by atoms with E-state index in [0.29, 0.717) is 5.06 Å². The maximum atomic E-state index is 13.5. The highest BCUT2D eigenvalue weighted by molar-refractivity contribution is 6.30. The zero-order valence-electron chi connectivity index (χ0n) is 10.3. The van der Waals surface area contributed by atoms with E-state index in [-0.39, 0.29) is 16.5 Å². The molecule has 0 fully saturated rings. The molecular weight excluding hydrogens is 309 g/mol. The van der Waals surface area contributed by atoms with Gasteiger partial charge in [-0.2, -0.15) is 13.2 Å². The van der Waals surface area contributed by atoms with Crippen molar-refractivity contribution in [2.24, 2.45) is 4.99 Å². The van der Waals surface area contributed by atoms with Gasteiger partial charge in [0, 0.05) is 22.4 Å². The summed E-state index contributed by atoms with van der Waals surface area (Å²) in [6.45, 7) is 0. The molecule has 0 saturated carbocycles. The van der Waals surface area contributed by atoms with Crippen LogP contribution >= 0.6 is 11.6 Å². The molecule has 21 heavy (non-hydrogen) atoms. The van der Waals surface area contributed by atoms with Crippen molar-refractivity contribution >= 4 is 23.1 Å². The third-order valence-electron chi connectivity index (χ3n) is 3.32. The number of amidine groups is 1. The van der Waals surface area contributed by atoms with Gasteiger partial charge in [0.1, 0.15) is 0 Å². The molecule has 0 radical (unpaired) electrons. The molecule has 0 spiro atoms. The SMILES string of the molecule is ON1C=CC=C2C1=Nc1ccc(Cl)cc1C2(O)C(F)(F)F. The van der Waals surface area contributed by atoms with Gasteiger partial charge in [-0.3, -0.25) is 5.21 Å². The lowest BCUT2D eigenvalue weighted by molar-refractivity contribution is -0.248. The van der Waals surface area contributed by atoms with Crippen LogP contribution in [0.3, 0.4) is 0 Å². The van der Waals surface area contributed by atoms with Crippen molar-refractivity contribution in [2.75, 3.05) is 0 Å². The van der Waals surface area contributed by atoms with Crippen molar-refractivity contribution in [3.63, 3.8) is 0 Å². The van der Waals surface area contributed by atoms with Crippen molar-refractivity contribution < 1.29 is 23.5 Å². The number of benzene rings is 1. The van der Waals surface area contributed by atoms with Gasteiger partial charge in [0.25, 0.3) is 0 Å². The lowest BCUT2D eigenvalue weighted by Gasteiger charge is -2.39. The number of alkyl halides is 3. The average Bonchev–Trinajstić information content (AvgIpc) is 2.40. The Morgan fingerprint density at radius 2 is 2.00 bits per heavy atom. The molecule has 1 aromatic carbocycles. The van der Waals surface area contributed by atoms with E-state index < -0.39 is 22.9 Å². The molecular formula is C13H8ClF3N2O2. The second-order valence-corrected chi connectivity index (χ2v) is 5.01. The minimum atomic E-state index is -5.01. The number of aliphatic imine (C=N–C) groups is 1. The standard InChI is InChI=1S/C13H8ClF3N2O2/c14-7-3-4-10-9(6-7)12(20,13(15,16)17)8-2-1-5-19(21)11(8)18-10/h1-6,20-21H. The summed E-state index contributed by atoms with van der Waals surface area (Å²) in [4.78, 5) is 3.95. The number of hydrogen-bond acceptors (Lipinski definition) is 4. The Morgan fingerprint density at radius 1 is 1.29 bits per heavy atom. The number of fused-ring (bicyclic) bond motifs is 2. The van der Waals surface area contributed by atoms with Crippen LogP contribution in [0.4, 0.5) is 18.9 Å². The molecule has 0 bridgehead atoms. The van der Waals surface area contributed by atoms with E-state index in [4.69, 9.17) is 11.6 Å². The van der Waals surface area contributed by atoms with Gasteiger partial charge in [0.05, 0.1) is 5.69 Å². The molecule has 8 heteroatoms. The topological polar surface area (TPSA) is 56.1 Å². The van der Waals surface area contributed by atoms with Crippen LogP contribution in [0.15, 0.2) is 47.1 Å². The first-order valence-corrected chi connectivity index (χ1v) is 6.18. The van der Waals surface area contributed by atoms with Crippen molar-refractivity contribution in [2.45, 2.75) is 11.8 Å². The molecule has 2 aliphatic rings. The van der Waals surface area contributed by atoms with E-state index in [1.54, 1.807) is 0 Å². The van der Waals surface area contributed by atoms with Gasteiger partial charge in [-0.05, 0) is 24.3 Å². The Morgan fingerprint density at radius 3 is 2.67 bits per heavy atom. The summed E-state index contributed by atoms with van der Waals surface area (Å²) in [6.07, 6.45) is -1.64. The summed E-state index contributed by atoms with van der Waals surface area (Å²) < 4.78 is 40.6. The minimum absolute atomic E-state index is 0.0443. The summed E-state index contributed by atoms with van der Waals surface area (Å²) in [6, 6.07) is 3.63. The highest BCUT2D eigenvalue weighted by Gasteiger charge is 2.61. The van der Waals surface area contributed by atoms with Gasteiger partial charge < -0.3 is 5.11 Å². The van der Waals surface area contributed by atoms with Crippen molar-refractivity contribution in [3.8, 4) is 0 Å². The van der Waals surface area contributed by atoms with Gasteiger partial charge in [-0.1, -0.05) is 17.7 Å². The van der Waals surface area contributed by atoms with Crippen LogP contribution in [0.5, 0.6) is 0 Å². The zero-order valence-corrected chi connectivity index (χ0v) is 11.0. The maximum Gasteiger partial charge on any atom is 0.425 e. The molecule has 1 unspecified atom stereocenters. The molecule has 2 N–H and O–H groups in total. The molecule has 2 heterocycles. The van der Waals surface area contributed by atoms with E-state index in [2.05, 4.69) is 4.99 Å². The largest absolute Gasteiger partial charge is 0.425 e. The first-order valence-electron chi connectivity index (χ1n) is 5.80. The molecule has 3 rings (SSSR count). The Kier molecular flexibility index (Phi) is 2.91. The van der Waals surface area contributed by atoms with Crippen LogP contribution in [0, 0.1) is 0 Å². The van der Waals surface area contributed by atoms with E-state index >= 15 is 0 Å². The molecule has 0 aliphatic carbocycles. The highest BCUT2D eigenvalue weighted by atomic mass is 35.5. The number of nitrogens with zero attached hydrogens (tertiary/aromatic N) is 2. The van der Waals surface area contributed by atoms with Gasteiger partial charge in [0.15, 0.2) is 5.84 Å². The molecule has 2 aliphatic heterocycles. The predicted octanol–water partition coefficient (Wildman–Crippen LogP) is 3.28. The fraction of sp³-hybridized carbons (Fsp3) is 0.154. The van der Waals surface area contributed by atoms with Crippen LogP contribution in [0.2, 0.25) is 5.02 Å². The first kappa shape index (κ1) is 14.1. The molecule has 0 amide bonds. The van der Waals surface area contributed by atoms with E-state index in [9.17, 15) is 23.5 Å². The average molecular weight is 317 g/mol. The number of rotatable bonds is 0. The molecule has 4 nitrogen and oxygen atoms in total. The van der Waals surface area contributed by atoms with E-state index in [0.717, 1.165) is 18.3 Å². The Bertz CT molecular complexity index is 712. The van der Waals surface area contributed by atoms with Gasteiger partial charge >= 0.3 is 6.18 Å². The quantitative estimate of drug-likeness (QED) is 0.772. The fourth-order valence-electron chi connectivity index (χ4n) is 2.34. The normalized spacial score (nSPS) is 24.2. The molecule has 1 aromatic rings. The highest BCUT2D eigenvalue weighted by Crippen LogP contribution is 2.51. The summed E-state index contributed by atoms with van der Waals surface area (Å²) in [7, 11) is 0. The van der Waals surface area contributed by atoms with Crippen molar-refractivity contribution in [1.82, 2.24) is 5.06 Å². The maximum absolute atomic E-state index is 13.5. The van der Waals surface area contributed by atoms with Gasteiger partial charge in [-0.25, -0.2) is 10.1 Å². The number of allylic oxidation sites excluding steroid dienone is 2. The summed E-state index contributed by atoms with van der Waals surface area (Å²) in [5.41, 5.74) is -4.44. The predicted molar refractivity (Wildman–Crippen MR) is 69.3 cm³/mol. The molecule has 0 saturated heterocycles. The van der Waals surface area contributed by atoms with Gasteiger partial charge in [-0.15, -0.1) is 0 Å². The smallest absolute Gasteiger partial charge is 0.372 e. The third kappa shape index (κ3) is 1.89. The van der Waals surface area contributed by atoms with E-state index in [1.807, 2.05) is 0 Å². The van der Waals surface area contributed by atoms with E-state index in [1.165, 1.54) is 18.2 Å². The van der Waals surface area contributed by atoms with Crippen LogP contribution in [-0.4, -0.2) is 27.4 Å². The minimum Gasteiger partial charge on any atom is -0.372 e. The first-order chi connectivity index (χ1) is 9.75. The number of aliphatic hydroxyl groups is 1. The summed E-state index contributed by atoms with van der Waals surface area (Å²) in [5.74, 6) is -0.382. The van der Waals surface area contributed by atoms with Crippen molar-refractivity contribution in [3.05, 3.63) is 52.7 Å². The fourth-order valence-corrected chi connectivity index (χ4v) is 2.52. The Hall–Kier alpha value is -1.83. The number of hydrogen-bond donors (Lipinski definition) is 2. The second-order valence-electron chi connectivity index (χ2n) is 4.57. The number of halogens is 4. The van der Waals surface area contributed by atoms with Crippen LogP contribution < -0.4 is 0 Å². The second kappa shape index (κ2) is 4.33. The van der Waals surface area contributed by atoms with Crippen LogP contribution in [-0.2, 0) is 5.60 Å². The van der Waals surface area contributed by atoms with Crippen molar-refractivity contribution in [1.29, 1.82) is 0 Å². The lowest BCUT2D eigenvalue weighted by atomic mass is 9.80. The van der Waals surface area contributed by atoms with Crippen LogP contribution in [0.1, 0.15) is 5.56 Å². The lowest BCUT2D eigenvalue weighted by Crippen LogP contribution is -2.50.